The Kier molecular flexibility index (Phi) is 2.96. The molecule has 4 heteroatoms. The Morgan fingerprint density at radius 1 is 1.24 bits per heavy atom. The summed E-state index contributed by atoms with van der Waals surface area (Å²) in [6.45, 7) is 1.84. The van der Waals surface area contributed by atoms with E-state index in [0.29, 0.717) is 12.0 Å². The molecule has 0 bridgehead atoms. The van der Waals surface area contributed by atoms with Crippen LogP contribution >= 0.6 is 0 Å². The molecule has 17 heavy (non-hydrogen) atoms. The number of hydrogen-bond donors (Lipinski definition) is 1. The van der Waals surface area contributed by atoms with Gasteiger partial charge in [-0.2, -0.15) is 0 Å². The highest BCUT2D eigenvalue weighted by Gasteiger charge is 2.36. The maximum Gasteiger partial charge on any atom is 0.227 e. The van der Waals surface area contributed by atoms with Crippen LogP contribution < -0.4 is 5.32 Å². The minimum atomic E-state index is -0.485. The van der Waals surface area contributed by atoms with Crippen molar-refractivity contribution in [2.45, 2.75) is 26.2 Å². The van der Waals surface area contributed by atoms with Crippen molar-refractivity contribution in [3.63, 3.8) is 0 Å². The van der Waals surface area contributed by atoms with E-state index >= 15 is 0 Å². The Balaban J connectivity index is 2.20. The van der Waals surface area contributed by atoms with Gasteiger partial charge in [-0.05, 0) is 23.5 Å². The number of piperidine rings is 1. The van der Waals surface area contributed by atoms with E-state index in [4.69, 9.17) is 0 Å². The molecule has 0 atom stereocenters. The molecule has 0 aromatic heterocycles. The van der Waals surface area contributed by atoms with Crippen LogP contribution in [0.15, 0.2) is 24.3 Å². The third-order valence-corrected chi connectivity index (χ3v) is 3.03. The van der Waals surface area contributed by atoms with Crippen molar-refractivity contribution < 1.29 is 14.0 Å². The molecule has 1 aromatic rings. The van der Waals surface area contributed by atoms with Gasteiger partial charge in [-0.3, -0.25) is 14.9 Å². The zero-order chi connectivity index (χ0) is 12.5. The first kappa shape index (κ1) is 11.8. The summed E-state index contributed by atoms with van der Waals surface area (Å²) in [6.07, 6.45) is 0.916. The molecular formula is C13H14FNO2. The molecule has 1 saturated heterocycles. The Morgan fingerprint density at radius 2 is 1.82 bits per heavy atom. The minimum Gasteiger partial charge on any atom is -0.296 e. The van der Waals surface area contributed by atoms with Gasteiger partial charge in [0.05, 0.1) is 0 Å². The van der Waals surface area contributed by atoms with Gasteiger partial charge in [0.2, 0.25) is 11.8 Å². The van der Waals surface area contributed by atoms with Crippen LogP contribution in [-0.2, 0) is 16.0 Å². The maximum absolute atomic E-state index is 13.5. The van der Waals surface area contributed by atoms with Gasteiger partial charge < -0.3 is 0 Å². The van der Waals surface area contributed by atoms with Gasteiger partial charge >= 0.3 is 0 Å². The van der Waals surface area contributed by atoms with Gasteiger partial charge in [-0.25, -0.2) is 4.39 Å². The van der Waals surface area contributed by atoms with Crippen molar-refractivity contribution in [3.05, 3.63) is 35.6 Å². The molecule has 2 amide bonds. The van der Waals surface area contributed by atoms with Gasteiger partial charge in [-0.1, -0.05) is 25.1 Å². The molecule has 0 radical (unpaired) electrons. The van der Waals surface area contributed by atoms with E-state index in [1.54, 1.807) is 18.2 Å². The second kappa shape index (κ2) is 4.28. The number of rotatable bonds is 2. The molecule has 1 aliphatic rings. The molecule has 1 aliphatic heterocycles. The highest BCUT2D eigenvalue weighted by Crippen LogP contribution is 2.33. The van der Waals surface area contributed by atoms with Crippen molar-refractivity contribution in [2.24, 2.45) is 5.41 Å². The number of benzene rings is 1. The van der Waals surface area contributed by atoms with Crippen LogP contribution in [0.2, 0.25) is 0 Å². The molecule has 3 nitrogen and oxygen atoms in total. The van der Waals surface area contributed by atoms with Crippen molar-refractivity contribution in [1.29, 1.82) is 0 Å². The summed E-state index contributed by atoms with van der Waals surface area (Å²) in [5.41, 5.74) is 0.0687. The summed E-state index contributed by atoms with van der Waals surface area (Å²) < 4.78 is 13.5. The van der Waals surface area contributed by atoms with Crippen LogP contribution in [0.25, 0.3) is 0 Å². The van der Waals surface area contributed by atoms with E-state index in [-0.39, 0.29) is 30.5 Å². The average molecular weight is 235 g/mol. The molecule has 1 heterocycles. The molecule has 1 N–H and O–H groups in total. The topological polar surface area (TPSA) is 46.2 Å². The van der Waals surface area contributed by atoms with Crippen LogP contribution in [0.5, 0.6) is 0 Å². The third kappa shape index (κ3) is 2.70. The van der Waals surface area contributed by atoms with Gasteiger partial charge in [-0.15, -0.1) is 0 Å². The fourth-order valence-electron chi connectivity index (χ4n) is 2.31. The SMILES string of the molecule is CC1(Cc2ccccc2F)CC(=O)NC(=O)C1. The second-order valence-electron chi connectivity index (χ2n) is 4.90. The summed E-state index contributed by atoms with van der Waals surface area (Å²) >= 11 is 0. The predicted molar refractivity (Wildman–Crippen MR) is 60.6 cm³/mol. The minimum absolute atomic E-state index is 0.257. The number of imide groups is 1. The highest BCUT2D eigenvalue weighted by molar-refractivity contribution is 5.98. The zero-order valence-electron chi connectivity index (χ0n) is 9.63. The molecule has 1 fully saturated rings. The molecule has 0 aliphatic carbocycles. The van der Waals surface area contributed by atoms with Crippen LogP contribution in [0.1, 0.15) is 25.3 Å². The summed E-state index contributed by atoms with van der Waals surface area (Å²) in [4.78, 5) is 22.7. The molecule has 0 spiro atoms. The van der Waals surface area contributed by atoms with Gasteiger partial charge in [0.25, 0.3) is 0 Å². The Labute approximate surface area is 99.0 Å². The standard InChI is InChI=1S/C13H14FNO2/c1-13(7-11(16)15-12(17)8-13)6-9-4-2-3-5-10(9)14/h2-5H,6-8H2,1H3,(H,15,16,17). The van der Waals surface area contributed by atoms with Gasteiger partial charge in [0.15, 0.2) is 0 Å². The lowest BCUT2D eigenvalue weighted by molar-refractivity contribution is -0.137. The van der Waals surface area contributed by atoms with E-state index in [9.17, 15) is 14.0 Å². The number of hydrogen-bond acceptors (Lipinski definition) is 2. The molecule has 90 valence electrons. The average Bonchev–Trinajstić information content (AvgIpc) is 2.19. The monoisotopic (exact) mass is 235 g/mol. The Morgan fingerprint density at radius 3 is 2.41 bits per heavy atom. The van der Waals surface area contributed by atoms with Crippen LogP contribution in [0.4, 0.5) is 4.39 Å². The number of amides is 2. The lowest BCUT2D eigenvalue weighted by atomic mass is 9.75. The maximum atomic E-state index is 13.5. The zero-order valence-corrected chi connectivity index (χ0v) is 9.63. The van der Waals surface area contributed by atoms with E-state index in [1.807, 2.05) is 6.92 Å². The Hall–Kier alpha value is -1.71. The van der Waals surface area contributed by atoms with Crippen molar-refractivity contribution in [1.82, 2.24) is 5.32 Å². The Bertz CT molecular complexity index is 454. The fourth-order valence-corrected chi connectivity index (χ4v) is 2.31. The van der Waals surface area contributed by atoms with Gasteiger partial charge in [0.1, 0.15) is 5.82 Å². The normalized spacial score (nSPS) is 18.9. The van der Waals surface area contributed by atoms with Gasteiger partial charge in [0, 0.05) is 12.8 Å². The molecule has 0 unspecified atom stereocenters. The lowest BCUT2D eigenvalue weighted by Gasteiger charge is -2.32. The number of carbonyl (C=O) groups is 2. The first-order valence-corrected chi connectivity index (χ1v) is 5.55. The van der Waals surface area contributed by atoms with Crippen molar-refractivity contribution >= 4 is 11.8 Å². The van der Waals surface area contributed by atoms with Crippen molar-refractivity contribution in [2.75, 3.05) is 0 Å². The lowest BCUT2D eigenvalue weighted by Crippen LogP contribution is -2.44. The van der Waals surface area contributed by atoms with E-state index in [2.05, 4.69) is 5.32 Å². The fraction of sp³-hybridized carbons (Fsp3) is 0.385. The summed E-state index contributed by atoms with van der Waals surface area (Å²) in [6, 6.07) is 6.47. The summed E-state index contributed by atoms with van der Waals surface area (Å²) in [7, 11) is 0. The van der Waals surface area contributed by atoms with Crippen LogP contribution in [0, 0.1) is 11.2 Å². The highest BCUT2D eigenvalue weighted by atomic mass is 19.1. The smallest absolute Gasteiger partial charge is 0.227 e. The first-order chi connectivity index (χ1) is 7.98. The quantitative estimate of drug-likeness (QED) is 0.795. The first-order valence-electron chi connectivity index (χ1n) is 5.55. The third-order valence-electron chi connectivity index (χ3n) is 3.03. The number of carbonyl (C=O) groups excluding carboxylic acids is 2. The number of nitrogens with one attached hydrogen (secondary N) is 1. The molecule has 0 saturated carbocycles. The van der Waals surface area contributed by atoms with E-state index < -0.39 is 5.41 Å². The summed E-state index contributed by atoms with van der Waals surface area (Å²) in [5, 5.41) is 2.26. The summed E-state index contributed by atoms with van der Waals surface area (Å²) in [5.74, 6) is -0.840. The molecule has 1 aromatic carbocycles. The second-order valence-corrected chi connectivity index (χ2v) is 4.90. The van der Waals surface area contributed by atoms with E-state index in [0.717, 1.165) is 0 Å². The predicted octanol–water partition coefficient (Wildman–Crippen LogP) is 1.81. The molecule has 2 rings (SSSR count). The largest absolute Gasteiger partial charge is 0.296 e. The van der Waals surface area contributed by atoms with Crippen LogP contribution in [-0.4, -0.2) is 11.8 Å². The van der Waals surface area contributed by atoms with Crippen molar-refractivity contribution in [3.8, 4) is 0 Å². The number of halogens is 1. The van der Waals surface area contributed by atoms with E-state index in [1.165, 1.54) is 6.07 Å². The molecular weight excluding hydrogens is 221 g/mol. The van der Waals surface area contributed by atoms with Crippen LogP contribution in [0.3, 0.4) is 0 Å².